The highest BCUT2D eigenvalue weighted by Crippen LogP contribution is 2.25. The quantitative estimate of drug-likeness (QED) is 0.867. The fourth-order valence-corrected chi connectivity index (χ4v) is 3.23. The van der Waals surface area contributed by atoms with Gasteiger partial charge in [0.1, 0.15) is 5.82 Å². The Morgan fingerprint density at radius 2 is 2.44 bits per heavy atom. The molecule has 1 atom stereocenters. The first-order valence-corrected chi connectivity index (χ1v) is 6.38. The third-order valence-electron chi connectivity index (χ3n) is 3.02. The molecule has 1 unspecified atom stereocenters. The van der Waals surface area contributed by atoms with Crippen LogP contribution in [-0.2, 0) is 6.42 Å². The normalized spacial score (nSPS) is 20.7. The second-order valence-corrected chi connectivity index (χ2v) is 5.40. The predicted molar refractivity (Wildman–Crippen MR) is 64.3 cm³/mol. The van der Waals surface area contributed by atoms with Crippen LogP contribution in [0.4, 0.5) is 4.39 Å². The van der Waals surface area contributed by atoms with Crippen LogP contribution in [0.3, 0.4) is 0 Å². The van der Waals surface area contributed by atoms with Crippen LogP contribution in [0, 0.1) is 11.7 Å². The average molecular weight is 236 g/mol. The summed E-state index contributed by atoms with van der Waals surface area (Å²) >= 11 is 1.69. The summed E-state index contributed by atoms with van der Waals surface area (Å²) in [6.45, 7) is 2.20. The van der Waals surface area contributed by atoms with Crippen LogP contribution in [0.5, 0.6) is 0 Å². The summed E-state index contributed by atoms with van der Waals surface area (Å²) in [6.07, 6.45) is 2.25. The van der Waals surface area contributed by atoms with Crippen LogP contribution >= 0.6 is 11.3 Å². The summed E-state index contributed by atoms with van der Waals surface area (Å²) in [4.78, 5) is 4.49. The molecule has 3 rings (SSSR count). The van der Waals surface area contributed by atoms with Crippen molar-refractivity contribution in [2.45, 2.75) is 12.8 Å². The zero-order chi connectivity index (χ0) is 11.0. The third kappa shape index (κ3) is 1.95. The highest BCUT2D eigenvalue weighted by atomic mass is 32.1. The number of benzene rings is 1. The molecule has 4 heteroatoms. The molecular formula is C12H13FN2S. The van der Waals surface area contributed by atoms with Gasteiger partial charge < -0.3 is 5.32 Å². The van der Waals surface area contributed by atoms with E-state index in [1.54, 1.807) is 11.3 Å². The summed E-state index contributed by atoms with van der Waals surface area (Å²) < 4.78 is 14.1. The molecule has 16 heavy (non-hydrogen) atoms. The molecule has 2 nitrogen and oxygen atoms in total. The van der Waals surface area contributed by atoms with Gasteiger partial charge in [-0.1, -0.05) is 0 Å². The fraction of sp³-hybridized carbons (Fsp3) is 0.417. The standard InChI is InChI=1S/C12H13FN2S/c13-9-1-2-11-10(6-9)15-12(16-11)5-8-3-4-14-7-8/h1-2,6,8,14H,3-5,7H2. The van der Waals surface area contributed by atoms with Crippen LogP contribution in [0.25, 0.3) is 10.2 Å². The fourth-order valence-electron chi connectivity index (χ4n) is 2.17. The average Bonchev–Trinajstić information content (AvgIpc) is 2.86. The van der Waals surface area contributed by atoms with Crippen LogP contribution in [0.1, 0.15) is 11.4 Å². The van der Waals surface area contributed by atoms with Gasteiger partial charge in [-0.25, -0.2) is 9.37 Å². The molecule has 84 valence electrons. The maximum absolute atomic E-state index is 13.0. The van der Waals surface area contributed by atoms with E-state index in [1.165, 1.54) is 18.6 Å². The van der Waals surface area contributed by atoms with E-state index in [0.29, 0.717) is 5.92 Å². The Morgan fingerprint density at radius 1 is 1.50 bits per heavy atom. The molecule has 0 amide bonds. The summed E-state index contributed by atoms with van der Waals surface area (Å²) in [7, 11) is 0. The van der Waals surface area contributed by atoms with Crippen molar-refractivity contribution >= 4 is 21.6 Å². The minimum absolute atomic E-state index is 0.202. The number of aromatic nitrogens is 1. The van der Waals surface area contributed by atoms with Crippen molar-refractivity contribution in [1.82, 2.24) is 10.3 Å². The number of fused-ring (bicyclic) bond motifs is 1. The molecule has 2 aromatic rings. The molecule has 0 aliphatic carbocycles. The Kier molecular flexibility index (Phi) is 2.61. The summed E-state index contributed by atoms with van der Waals surface area (Å²) in [5.74, 6) is 0.497. The Labute approximate surface area is 97.5 Å². The van der Waals surface area contributed by atoms with Gasteiger partial charge in [-0.15, -0.1) is 11.3 Å². The first-order valence-electron chi connectivity index (χ1n) is 5.57. The molecular weight excluding hydrogens is 223 g/mol. The molecule has 1 aromatic heterocycles. The number of nitrogens with zero attached hydrogens (tertiary/aromatic N) is 1. The van der Waals surface area contributed by atoms with E-state index in [4.69, 9.17) is 0 Å². The zero-order valence-electron chi connectivity index (χ0n) is 8.87. The first-order chi connectivity index (χ1) is 7.81. The summed E-state index contributed by atoms with van der Waals surface area (Å²) in [5.41, 5.74) is 0.797. The third-order valence-corrected chi connectivity index (χ3v) is 4.08. The first kappa shape index (κ1) is 10.2. The molecule has 1 fully saturated rings. The highest BCUT2D eigenvalue weighted by molar-refractivity contribution is 7.18. The lowest BCUT2D eigenvalue weighted by Gasteiger charge is -2.03. The molecule has 1 aromatic carbocycles. The number of hydrogen-bond acceptors (Lipinski definition) is 3. The van der Waals surface area contributed by atoms with E-state index in [1.807, 2.05) is 6.07 Å². The molecule has 1 aliphatic rings. The second kappa shape index (κ2) is 4.11. The Bertz CT molecular complexity index is 503. The van der Waals surface area contributed by atoms with E-state index in [0.717, 1.165) is 34.7 Å². The monoisotopic (exact) mass is 236 g/mol. The van der Waals surface area contributed by atoms with Gasteiger partial charge in [-0.05, 0) is 37.6 Å². The van der Waals surface area contributed by atoms with E-state index in [9.17, 15) is 4.39 Å². The van der Waals surface area contributed by atoms with Gasteiger partial charge in [0, 0.05) is 12.5 Å². The minimum atomic E-state index is -0.202. The van der Waals surface area contributed by atoms with Gasteiger partial charge in [-0.2, -0.15) is 0 Å². The largest absolute Gasteiger partial charge is 0.316 e. The van der Waals surface area contributed by atoms with Gasteiger partial charge in [-0.3, -0.25) is 0 Å². The predicted octanol–water partition coefficient (Wildman–Crippen LogP) is 2.59. The Morgan fingerprint density at radius 3 is 3.25 bits per heavy atom. The lowest BCUT2D eigenvalue weighted by atomic mass is 10.1. The van der Waals surface area contributed by atoms with Gasteiger partial charge in [0.2, 0.25) is 0 Å². The SMILES string of the molecule is Fc1ccc2sc(CC3CCNC3)nc2c1. The van der Waals surface area contributed by atoms with Crippen molar-refractivity contribution < 1.29 is 4.39 Å². The van der Waals surface area contributed by atoms with Crippen molar-refractivity contribution in [2.75, 3.05) is 13.1 Å². The van der Waals surface area contributed by atoms with E-state index in [-0.39, 0.29) is 5.82 Å². The zero-order valence-corrected chi connectivity index (χ0v) is 9.69. The minimum Gasteiger partial charge on any atom is -0.316 e. The lowest BCUT2D eigenvalue weighted by molar-refractivity contribution is 0.579. The van der Waals surface area contributed by atoms with E-state index in [2.05, 4.69) is 10.3 Å². The molecule has 0 bridgehead atoms. The van der Waals surface area contributed by atoms with Crippen molar-refractivity contribution in [3.8, 4) is 0 Å². The van der Waals surface area contributed by atoms with Crippen molar-refractivity contribution in [2.24, 2.45) is 5.92 Å². The van der Waals surface area contributed by atoms with Gasteiger partial charge in [0.25, 0.3) is 0 Å². The van der Waals surface area contributed by atoms with Crippen LogP contribution in [0.2, 0.25) is 0 Å². The molecule has 0 spiro atoms. The maximum Gasteiger partial charge on any atom is 0.125 e. The molecule has 1 aliphatic heterocycles. The smallest absolute Gasteiger partial charge is 0.125 e. The van der Waals surface area contributed by atoms with Crippen LogP contribution in [-0.4, -0.2) is 18.1 Å². The van der Waals surface area contributed by atoms with Crippen molar-refractivity contribution in [3.63, 3.8) is 0 Å². The molecule has 1 saturated heterocycles. The second-order valence-electron chi connectivity index (χ2n) is 4.28. The Hall–Kier alpha value is -1.00. The van der Waals surface area contributed by atoms with Crippen molar-refractivity contribution in [3.05, 3.63) is 29.0 Å². The summed E-state index contributed by atoms with van der Waals surface area (Å²) in [6, 6.07) is 4.84. The van der Waals surface area contributed by atoms with Crippen molar-refractivity contribution in [1.29, 1.82) is 0 Å². The molecule has 1 N–H and O–H groups in total. The lowest BCUT2D eigenvalue weighted by Crippen LogP contribution is -2.10. The molecule has 0 saturated carbocycles. The molecule has 0 radical (unpaired) electrons. The number of hydrogen-bond donors (Lipinski definition) is 1. The summed E-state index contributed by atoms with van der Waals surface area (Å²) in [5, 5.41) is 4.49. The maximum atomic E-state index is 13.0. The number of rotatable bonds is 2. The molecule has 2 heterocycles. The Balaban J connectivity index is 1.86. The van der Waals surface area contributed by atoms with Gasteiger partial charge in [0.15, 0.2) is 0 Å². The van der Waals surface area contributed by atoms with E-state index < -0.39 is 0 Å². The van der Waals surface area contributed by atoms with Gasteiger partial charge >= 0.3 is 0 Å². The topological polar surface area (TPSA) is 24.9 Å². The number of thiazole rings is 1. The van der Waals surface area contributed by atoms with Gasteiger partial charge in [0.05, 0.1) is 15.2 Å². The number of halogens is 1. The van der Waals surface area contributed by atoms with Crippen LogP contribution < -0.4 is 5.32 Å². The highest BCUT2D eigenvalue weighted by Gasteiger charge is 2.16. The van der Waals surface area contributed by atoms with Crippen LogP contribution in [0.15, 0.2) is 18.2 Å². The van der Waals surface area contributed by atoms with E-state index >= 15 is 0 Å². The number of nitrogens with one attached hydrogen (secondary N) is 1.